The summed E-state index contributed by atoms with van der Waals surface area (Å²) in [5.74, 6) is 0.608. The van der Waals surface area contributed by atoms with Crippen LogP contribution in [0, 0.1) is 70.9 Å². The van der Waals surface area contributed by atoms with E-state index < -0.39 is 0 Å². The lowest BCUT2D eigenvalue weighted by Crippen LogP contribution is -2.66. The van der Waals surface area contributed by atoms with Crippen molar-refractivity contribution in [3.8, 4) is 0 Å². The highest BCUT2D eigenvalue weighted by Gasteiger charge is 2.69. The highest BCUT2D eigenvalue weighted by Crippen LogP contribution is 2.75. The lowest BCUT2D eigenvalue weighted by atomic mass is 9.32. The van der Waals surface area contributed by atoms with Gasteiger partial charge in [-0.05, 0) is 77.3 Å². The van der Waals surface area contributed by atoms with Gasteiger partial charge in [0, 0.05) is 0 Å². The number of hydrogen-bond donors (Lipinski definition) is 0. The fourth-order valence-electron chi connectivity index (χ4n) is 9.58. The van der Waals surface area contributed by atoms with Crippen LogP contribution in [0.25, 0.3) is 0 Å². The molecule has 0 heterocycles. The molecule has 2 atom stereocenters. The molecule has 0 unspecified atom stereocenters. The molecule has 0 radical (unpaired) electrons. The standard InChI is InChI=1S/C42H86/c1-28-32(7,8)30(3)42(27,29-2)41(25,26)40(23,24)39(21,22)38(19,20)37(17,18)36(15,16)35(13,14)34(11,12)33(9,10)31(4,5)6/h30H,28-29H2,1-27H3/t30-,42-/m0/s1. The molecule has 254 valence electrons. The molecule has 0 spiro atoms. The van der Waals surface area contributed by atoms with Crippen LogP contribution in [0.15, 0.2) is 0 Å². The maximum atomic E-state index is 2.62. The van der Waals surface area contributed by atoms with Crippen LogP contribution in [0.1, 0.15) is 200 Å². The highest BCUT2D eigenvalue weighted by atomic mass is 14.7. The normalized spacial score (nSPS) is 18.6. The van der Waals surface area contributed by atoms with Crippen molar-refractivity contribution in [2.24, 2.45) is 70.9 Å². The Hall–Kier alpha value is 0. The minimum absolute atomic E-state index is 0.0294. The van der Waals surface area contributed by atoms with Crippen LogP contribution in [0.3, 0.4) is 0 Å². The van der Waals surface area contributed by atoms with Crippen molar-refractivity contribution in [2.45, 2.75) is 200 Å². The summed E-state index contributed by atoms with van der Waals surface area (Å²) in [6, 6.07) is 0. The molecule has 0 fully saturated rings. The summed E-state index contributed by atoms with van der Waals surface area (Å²) in [4.78, 5) is 0. The fraction of sp³-hybridized carbons (Fsp3) is 1.00. The molecule has 0 rings (SSSR count). The molecule has 0 aromatic carbocycles. The van der Waals surface area contributed by atoms with Crippen LogP contribution in [0.5, 0.6) is 0 Å². The summed E-state index contributed by atoms with van der Waals surface area (Å²) in [6.07, 6.45) is 2.41. The van der Waals surface area contributed by atoms with Gasteiger partial charge in [0.25, 0.3) is 0 Å². The second kappa shape index (κ2) is 11.1. The molecular weight excluding hydrogens is 504 g/mol. The Morgan fingerprint density at radius 3 is 0.714 bits per heavy atom. The Morgan fingerprint density at radius 1 is 0.310 bits per heavy atom. The molecule has 0 bridgehead atoms. The van der Waals surface area contributed by atoms with Gasteiger partial charge in [0.2, 0.25) is 0 Å². The molecule has 0 aliphatic rings. The minimum atomic E-state index is 0.0294. The van der Waals surface area contributed by atoms with Gasteiger partial charge in [0.15, 0.2) is 0 Å². The first kappa shape index (κ1) is 42.0. The Balaban J connectivity index is 7.42. The SMILES string of the molecule is CCC(C)(C)[C@H](C)[C@](C)(CC)C(C)(C)C(C)(C)C(C)(C)C(C)(C)C(C)(C)C(C)(C)C(C)(C)C(C)(C)C(C)(C)C(C)(C)C. The Bertz CT molecular complexity index is 916. The molecular formula is C42H86. The molecule has 42 heavy (non-hydrogen) atoms. The van der Waals surface area contributed by atoms with Crippen LogP contribution in [0.2, 0.25) is 0 Å². The van der Waals surface area contributed by atoms with Gasteiger partial charge >= 0.3 is 0 Å². The van der Waals surface area contributed by atoms with Crippen LogP contribution >= 0.6 is 0 Å². The van der Waals surface area contributed by atoms with Gasteiger partial charge in [-0.1, -0.05) is 193 Å². The van der Waals surface area contributed by atoms with Crippen LogP contribution in [0.4, 0.5) is 0 Å². The van der Waals surface area contributed by atoms with E-state index in [2.05, 4.69) is 187 Å². The van der Waals surface area contributed by atoms with Crippen LogP contribution in [-0.2, 0) is 0 Å². The number of rotatable bonds is 13. The molecule has 0 aromatic rings. The quantitative estimate of drug-likeness (QED) is 0.200. The average molecular weight is 591 g/mol. The zero-order valence-corrected chi connectivity index (χ0v) is 35.0. The van der Waals surface area contributed by atoms with Gasteiger partial charge in [0.05, 0.1) is 0 Å². The third-order valence-electron chi connectivity index (χ3n) is 19.6. The van der Waals surface area contributed by atoms with Crippen molar-refractivity contribution in [2.75, 3.05) is 0 Å². The predicted octanol–water partition coefficient (Wildman–Crippen LogP) is 14.8. The van der Waals surface area contributed by atoms with Crippen molar-refractivity contribution in [3.05, 3.63) is 0 Å². The fourth-order valence-corrected chi connectivity index (χ4v) is 9.58. The summed E-state index contributed by atoms with van der Waals surface area (Å²) >= 11 is 0. The minimum Gasteiger partial charge on any atom is -0.0649 e. The molecule has 0 nitrogen and oxygen atoms in total. The second-order valence-corrected chi connectivity index (χ2v) is 21.7. The van der Waals surface area contributed by atoms with Gasteiger partial charge < -0.3 is 0 Å². The summed E-state index contributed by atoms with van der Waals surface area (Å²) in [7, 11) is 0. The first-order valence-corrected chi connectivity index (χ1v) is 17.8. The predicted molar refractivity (Wildman–Crippen MR) is 195 cm³/mol. The van der Waals surface area contributed by atoms with E-state index in [1.54, 1.807) is 0 Å². The molecule has 0 aromatic heterocycles. The average Bonchev–Trinajstić information content (AvgIpc) is 2.80. The van der Waals surface area contributed by atoms with E-state index in [1.165, 1.54) is 12.8 Å². The largest absolute Gasteiger partial charge is 0.0649 e. The van der Waals surface area contributed by atoms with E-state index in [4.69, 9.17) is 0 Å². The molecule has 0 heteroatoms. The summed E-state index contributed by atoms with van der Waals surface area (Å²) in [5.41, 5.74) is 1.29. The van der Waals surface area contributed by atoms with Gasteiger partial charge in [-0.15, -0.1) is 0 Å². The third-order valence-corrected chi connectivity index (χ3v) is 19.6. The monoisotopic (exact) mass is 591 g/mol. The molecule has 0 aliphatic heterocycles. The first-order chi connectivity index (χ1) is 17.8. The zero-order valence-electron chi connectivity index (χ0n) is 35.0. The van der Waals surface area contributed by atoms with Crippen LogP contribution in [-0.4, -0.2) is 0 Å². The van der Waals surface area contributed by atoms with E-state index in [-0.39, 0.29) is 59.6 Å². The summed E-state index contributed by atoms with van der Waals surface area (Å²) < 4.78 is 0. The Labute approximate surface area is 270 Å². The summed E-state index contributed by atoms with van der Waals surface area (Å²) in [6.45, 7) is 69.0. The second-order valence-electron chi connectivity index (χ2n) is 21.7. The van der Waals surface area contributed by atoms with Crippen molar-refractivity contribution in [1.82, 2.24) is 0 Å². The lowest BCUT2D eigenvalue weighted by molar-refractivity contribution is -0.245. The Kier molecular flexibility index (Phi) is 11.1. The summed E-state index contributed by atoms with van der Waals surface area (Å²) in [5, 5.41) is 0. The topological polar surface area (TPSA) is 0 Å². The maximum Gasteiger partial charge on any atom is -0.0241 e. The molecule has 0 aliphatic carbocycles. The molecule has 0 saturated heterocycles. The van der Waals surface area contributed by atoms with E-state index in [0.29, 0.717) is 11.3 Å². The van der Waals surface area contributed by atoms with Crippen molar-refractivity contribution >= 4 is 0 Å². The van der Waals surface area contributed by atoms with Gasteiger partial charge in [-0.3, -0.25) is 0 Å². The van der Waals surface area contributed by atoms with Crippen molar-refractivity contribution in [3.63, 3.8) is 0 Å². The molecule has 0 saturated carbocycles. The van der Waals surface area contributed by atoms with E-state index in [1.807, 2.05) is 0 Å². The maximum absolute atomic E-state index is 2.62. The van der Waals surface area contributed by atoms with Gasteiger partial charge in [-0.2, -0.15) is 0 Å². The van der Waals surface area contributed by atoms with E-state index >= 15 is 0 Å². The molecule has 0 N–H and O–H groups in total. The van der Waals surface area contributed by atoms with Crippen molar-refractivity contribution < 1.29 is 0 Å². The zero-order chi connectivity index (χ0) is 35.0. The van der Waals surface area contributed by atoms with Gasteiger partial charge in [-0.25, -0.2) is 0 Å². The first-order valence-electron chi connectivity index (χ1n) is 17.8. The smallest absolute Gasteiger partial charge is 0.0241 e. The highest BCUT2D eigenvalue weighted by molar-refractivity contribution is 5.17. The third kappa shape index (κ3) is 5.22. The van der Waals surface area contributed by atoms with E-state index in [9.17, 15) is 0 Å². The van der Waals surface area contributed by atoms with E-state index in [0.717, 1.165) is 0 Å². The Morgan fingerprint density at radius 2 is 0.524 bits per heavy atom. The van der Waals surface area contributed by atoms with Gasteiger partial charge in [0.1, 0.15) is 0 Å². The van der Waals surface area contributed by atoms with Crippen molar-refractivity contribution in [1.29, 1.82) is 0 Å². The van der Waals surface area contributed by atoms with Crippen LogP contribution < -0.4 is 0 Å². The lowest BCUT2D eigenvalue weighted by Gasteiger charge is -2.72. The molecule has 0 amide bonds. The number of hydrogen-bond acceptors (Lipinski definition) is 0.